The van der Waals surface area contributed by atoms with Gasteiger partial charge in [0.2, 0.25) is 0 Å². The summed E-state index contributed by atoms with van der Waals surface area (Å²) in [4.78, 5) is 39.3. The molecule has 0 radical (unpaired) electrons. The molecule has 1 aromatic rings. The Labute approximate surface area is 171 Å². The molecule has 1 fully saturated rings. The number of aromatic nitrogens is 1. The number of nitrogens with one attached hydrogen (secondary N) is 1. The summed E-state index contributed by atoms with van der Waals surface area (Å²) in [7, 11) is 0. The molecule has 0 aromatic carbocycles. The molecule has 0 aliphatic heterocycles. The highest BCUT2D eigenvalue weighted by atomic mass is 19.4. The van der Waals surface area contributed by atoms with Gasteiger partial charge < -0.3 is 14.6 Å². The summed E-state index contributed by atoms with van der Waals surface area (Å²) in [6, 6.07) is 1.24. The fourth-order valence-corrected chi connectivity index (χ4v) is 3.43. The van der Waals surface area contributed by atoms with Gasteiger partial charge in [-0.25, -0.2) is 0 Å². The lowest BCUT2D eigenvalue weighted by Gasteiger charge is -2.30. The Morgan fingerprint density at radius 2 is 1.97 bits per heavy atom. The average molecular weight is 427 g/mol. The lowest BCUT2D eigenvalue weighted by Crippen LogP contribution is -2.47. The van der Waals surface area contributed by atoms with Gasteiger partial charge in [-0.1, -0.05) is 0 Å². The van der Waals surface area contributed by atoms with Gasteiger partial charge >= 0.3 is 12.1 Å². The van der Waals surface area contributed by atoms with E-state index in [0.717, 1.165) is 17.7 Å². The van der Waals surface area contributed by atoms with Crippen LogP contribution in [0.15, 0.2) is 4.79 Å². The molecule has 1 saturated carbocycles. The van der Waals surface area contributed by atoms with Crippen molar-refractivity contribution in [3.63, 3.8) is 0 Å². The zero-order valence-electron chi connectivity index (χ0n) is 17.1. The smallest absolute Gasteiger partial charge is 0.406 e. The number of aryl methyl sites for hydroxylation is 1. The number of pyridine rings is 1. The number of halogens is 3. The lowest BCUT2D eigenvalue weighted by molar-refractivity contribution is -0.170. The number of esters is 1. The van der Waals surface area contributed by atoms with Gasteiger partial charge in [0.25, 0.3) is 11.5 Å². The summed E-state index contributed by atoms with van der Waals surface area (Å²) in [5.41, 5.74) is 1.01. The molecule has 1 amide bonds. The summed E-state index contributed by atoms with van der Waals surface area (Å²) in [6.07, 6.45) is -3.00. The van der Waals surface area contributed by atoms with Crippen molar-refractivity contribution in [1.82, 2.24) is 9.88 Å². The number of carbonyl (C=O) groups excluding carboxylic acids is 2. The third kappa shape index (κ3) is 6.08. The van der Waals surface area contributed by atoms with E-state index >= 15 is 0 Å². The standard InChI is InChI=1S/C20H24F3N3O4/c1-11-15(12(2)25-19(29)16(11)8-24)6-7-18(28)30-9-17(27)26(10-20(21,22)23)13(3)14-4-5-14/h13-14H,4-7,9-10H2,1-3H3,(H,25,29). The van der Waals surface area contributed by atoms with Gasteiger partial charge in [-0.05, 0) is 57.1 Å². The number of alkyl halides is 3. The Kier molecular flexibility index (Phi) is 7.29. The van der Waals surface area contributed by atoms with Crippen LogP contribution < -0.4 is 5.56 Å². The number of rotatable bonds is 8. The fraction of sp³-hybridized carbons (Fsp3) is 0.600. The van der Waals surface area contributed by atoms with Gasteiger partial charge in [-0.3, -0.25) is 14.4 Å². The van der Waals surface area contributed by atoms with E-state index in [4.69, 9.17) is 10.00 Å². The number of H-pyrrole nitrogens is 1. The van der Waals surface area contributed by atoms with Crippen LogP contribution in [0, 0.1) is 31.1 Å². The average Bonchev–Trinajstić information content (AvgIpc) is 3.48. The molecule has 1 aliphatic carbocycles. The lowest BCUT2D eigenvalue weighted by atomic mass is 9.99. The second kappa shape index (κ2) is 9.32. The Bertz CT molecular complexity index is 914. The van der Waals surface area contributed by atoms with Crippen molar-refractivity contribution in [3.8, 4) is 6.07 Å². The molecule has 7 nitrogen and oxygen atoms in total. The maximum Gasteiger partial charge on any atom is 0.406 e. The highest BCUT2D eigenvalue weighted by molar-refractivity contribution is 5.81. The van der Waals surface area contributed by atoms with Crippen molar-refractivity contribution >= 4 is 11.9 Å². The minimum absolute atomic E-state index is 0.0347. The molecule has 1 atom stereocenters. The largest absolute Gasteiger partial charge is 0.456 e. The molecule has 1 N–H and O–H groups in total. The van der Waals surface area contributed by atoms with Gasteiger partial charge in [-0.2, -0.15) is 18.4 Å². The predicted molar refractivity (Wildman–Crippen MR) is 100 cm³/mol. The zero-order valence-corrected chi connectivity index (χ0v) is 17.1. The summed E-state index contributed by atoms with van der Waals surface area (Å²) in [5.74, 6) is -1.60. The van der Waals surface area contributed by atoms with Gasteiger partial charge in [0.15, 0.2) is 6.61 Å². The number of nitrogens with zero attached hydrogens (tertiary/aromatic N) is 2. The molecule has 164 valence electrons. The molecule has 30 heavy (non-hydrogen) atoms. The summed E-state index contributed by atoms with van der Waals surface area (Å²) < 4.78 is 43.4. The van der Waals surface area contributed by atoms with E-state index in [9.17, 15) is 27.6 Å². The van der Waals surface area contributed by atoms with Crippen molar-refractivity contribution in [2.24, 2.45) is 5.92 Å². The molecule has 10 heteroatoms. The van der Waals surface area contributed by atoms with Crippen LogP contribution in [-0.4, -0.2) is 47.1 Å². The highest BCUT2D eigenvalue weighted by Gasteiger charge is 2.40. The van der Waals surface area contributed by atoms with E-state index in [0.29, 0.717) is 16.8 Å². The molecule has 1 heterocycles. The number of amides is 1. The molecular weight excluding hydrogens is 403 g/mol. The second-order valence-corrected chi connectivity index (χ2v) is 7.55. The number of hydrogen-bond donors (Lipinski definition) is 1. The van der Waals surface area contributed by atoms with Gasteiger partial charge in [0.05, 0.1) is 0 Å². The maximum atomic E-state index is 12.8. The fourth-order valence-electron chi connectivity index (χ4n) is 3.43. The van der Waals surface area contributed by atoms with Crippen LogP contribution in [0.3, 0.4) is 0 Å². The maximum absolute atomic E-state index is 12.8. The van der Waals surface area contributed by atoms with Crippen molar-refractivity contribution in [2.45, 2.75) is 58.7 Å². The van der Waals surface area contributed by atoms with Crippen LogP contribution in [0.5, 0.6) is 0 Å². The van der Waals surface area contributed by atoms with E-state index < -0.39 is 42.8 Å². The molecule has 1 unspecified atom stereocenters. The van der Waals surface area contributed by atoms with Gasteiger partial charge in [0.1, 0.15) is 18.2 Å². The van der Waals surface area contributed by atoms with Crippen LogP contribution in [0.2, 0.25) is 0 Å². The molecule has 0 bridgehead atoms. The van der Waals surface area contributed by atoms with Gasteiger partial charge in [-0.15, -0.1) is 0 Å². The quantitative estimate of drug-likeness (QED) is 0.642. The van der Waals surface area contributed by atoms with E-state index in [1.807, 2.05) is 6.07 Å². The second-order valence-electron chi connectivity index (χ2n) is 7.55. The van der Waals surface area contributed by atoms with Crippen molar-refractivity contribution < 1.29 is 27.5 Å². The van der Waals surface area contributed by atoms with Crippen molar-refractivity contribution in [3.05, 3.63) is 32.7 Å². The zero-order chi connectivity index (χ0) is 22.6. The monoisotopic (exact) mass is 427 g/mol. The van der Waals surface area contributed by atoms with Crippen LogP contribution in [0.4, 0.5) is 13.2 Å². The van der Waals surface area contributed by atoms with Crippen LogP contribution in [-0.2, 0) is 20.7 Å². The minimum atomic E-state index is -4.54. The third-order valence-corrected chi connectivity index (χ3v) is 5.32. The Morgan fingerprint density at radius 1 is 1.33 bits per heavy atom. The number of aromatic amines is 1. The van der Waals surface area contributed by atoms with Crippen LogP contribution >= 0.6 is 0 Å². The van der Waals surface area contributed by atoms with Crippen molar-refractivity contribution in [1.29, 1.82) is 5.26 Å². The molecule has 1 aliphatic rings. The van der Waals surface area contributed by atoms with Crippen LogP contribution in [0.25, 0.3) is 0 Å². The summed E-state index contributed by atoms with van der Waals surface area (Å²) in [5, 5.41) is 9.07. The number of carbonyl (C=O) groups is 2. The number of nitriles is 1. The Balaban J connectivity index is 1.96. The topological polar surface area (TPSA) is 103 Å². The molecule has 1 aromatic heterocycles. The van der Waals surface area contributed by atoms with E-state index in [2.05, 4.69) is 4.98 Å². The molecule has 0 spiro atoms. The third-order valence-electron chi connectivity index (χ3n) is 5.32. The number of hydrogen-bond acceptors (Lipinski definition) is 5. The SMILES string of the molecule is Cc1[nH]c(=O)c(C#N)c(C)c1CCC(=O)OCC(=O)N(CC(F)(F)F)C(C)C1CC1. The highest BCUT2D eigenvalue weighted by Crippen LogP contribution is 2.36. The number of ether oxygens (including phenoxy) is 1. The summed E-state index contributed by atoms with van der Waals surface area (Å²) in [6.45, 7) is 2.65. The first-order chi connectivity index (χ1) is 13.9. The van der Waals surface area contributed by atoms with E-state index in [-0.39, 0.29) is 24.3 Å². The Hall–Kier alpha value is -2.83. The van der Waals surface area contributed by atoms with Crippen LogP contribution in [0.1, 0.15) is 48.6 Å². The summed E-state index contributed by atoms with van der Waals surface area (Å²) >= 11 is 0. The molecule has 2 rings (SSSR count). The molecule has 0 saturated heterocycles. The van der Waals surface area contributed by atoms with Crippen molar-refractivity contribution in [2.75, 3.05) is 13.2 Å². The minimum Gasteiger partial charge on any atom is -0.456 e. The van der Waals surface area contributed by atoms with E-state index in [1.54, 1.807) is 20.8 Å². The first kappa shape index (κ1) is 23.4. The van der Waals surface area contributed by atoms with Gasteiger partial charge in [0, 0.05) is 18.2 Å². The van der Waals surface area contributed by atoms with E-state index in [1.165, 1.54) is 0 Å². The normalized spacial score (nSPS) is 14.7. The first-order valence-electron chi connectivity index (χ1n) is 9.59. The predicted octanol–water partition coefficient (Wildman–Crippen LogP) is 2.53. The molecular formula is C20H24F3N3O4. The Morgan fingerprint density at radius 3 is 2.50 bits per heavy atom. The first-order valence-corrected chi connectivity index (χ1v) is 9.59.